The zero-order valence-electron chi connectivity index (χ0n) is 30.1. The van der Waals surface area contributed by atoms with Crippen LogP contribution in [0.2, 0.25) is 0 Å². The molecule has 0 aliphatic carbocycles. The number of nitrogens with one attached hydrogen (secondary N) is 4. The Morgan fingerprint density at radius 1 is 0.784 bits per heavy atom. The van der Waals surface area contributed by atoms with E-state index >= 15 is 0 Å². The van der Waals surface area contributed by atoms with Crippen molar-refractivity contribution in [3.63, 3.8) is 0 Å². The molecule has 1 rings (SSSR count). The van der Waals surface area contributed by atoms with Crippen LogP contribution in [0.1, 0.15) is 77.7 Å². The Kier molecular flexibility index (Phi) is 20.7. The van der Waals surface area contributed by atoms with Gasteiger partial charge in [0.15, 0.2) is 0 Å². The first-order valence-corrected chi connectivity index (χ1v) is 17.4. The maximum Gasteiger partial charge on any atom is 0.326 e. The van der Waals surface area contributed by atoms with E-state index in [2.05, 4.69) is 27.8 Å². The summed E-state index contributed by atoms with van der Waals surface area (Å²) in [5, 5.41) is 29.9. The number of nitrogens with two attached hydrogens (primary N) is 3. The highest BCUT2D eigenvalue weighted by molar-refractivity contribution is 5.95. The fourth-order valence-electron chi connectivity index (χ4n) is 5.12. The van der Waals surface area contributed by atoms with Crippen molar-refractivity contribution in [3.8, 4) is 5.75 Å². The van der Waals surface area contributed by atoms with Gasteiger partial charge in [-0.05, 0) is 95.0 Å². The van der Waals surface area contributed by atoms with Gasteiger partial charge in [0.1, 0.15) is 29.9 Å². The molecule has 0 unspecified atom stereocenters. The second kappa shape index (κ2) is 23.8. The van der Waals surface area contributed by atoms with E-state index in [1.54, 1.807) is 12.1 Å². The van der Waals surface area contributed by atoms with Crippen LogP contribution in [0.3, 0.4) is 0 Å². The molecule has 0 radical (unpaired) electrons. The van der Waals surface area contributed by atoms with Gasteiger partial charge in [0, 0.05) is 6.54 Å². The van der Waals surface area contributed by atoms with Crippen molar-refractivity contribution in [2.75, 3.05) is 19.6 Å². The molecule has 0 spiro atoms. The Morgan fingerprint density at radius 3 is 1.75 bits per heavy atom. The fraction of sp³-hybridized carbons (Fsp3) is 0.600. The molecular weight excluding hydrogens is 660 g/mol. The Bertz CT molecular complexity index is 1290. The average Bonchev–Trinajstić information content (AvgIpc) is 3.06. The number of phenolic OH excluding ortho intramolecular Hbond substituents is 1. The van der Waals surface area contributed by atoms with Gasteiger partial charge in [-0.3, -0.25) is 24.0 Å². The molecular formula is C35H58N8O8. The number of nitrogens with zero attached hydrogens (tertiary/aromatic N) is 1. The van der Waals surface area contributed by atoms with Crippen LogP contribution in [-0.4, -0.2) is 100 Å². The third-order valence-electron chi connectivity index (χ3n) is 7.89. The number of phenols is 1. The van der Waals surface area contributed by atoms with E-state index in [-0.39, 0.29) is 43.9 Å². The van der Waals surface area contributed by atoms with E-state index in [0.717, 1.165) is 0 Å². The smallest absolute Gasteiger partial charge is 0.326 e. The van der Waals surface area contributed by atoms with E-state index in [1.165, 1.54) is 30.0 Å². The second-order valence-electron chi connectivity index (χ2n) is 13.0. The van der Waals surface area contributed by atoms with Crippen LogP contribution in [0.4, 0.5) is 0 Å². The number of carboxylic acids is 1. The summed E-state index contributed by atoms with van der Waals surface area (Å²) in [6.45, 7) is 8.91. The number of carboxylic acid groups (broad SMARTS) is 1. The zero-order chi connectivity index (χ0) is 38.5. The SMILES string of the molecule is C=CC[C@H](NC(=O)[C@H](CCCCN)NC(=O)[C@H](CCCCN)NC(=O)[C@H](C)N)C(=O)N(CC(=O)N[C@@H](CC(C)C)C(=O)O)Cc1ccc(O)cc1. The van der Waals surface area contributed by atoms with Gasteiger partial charge in [0.25, 0.3) is 0 Å². The zero-order valence-corrected chi connectivity index (χ0v) is 30.1. The summed E-state index contributed by atoms with van der Waals surface area (Å²) in [7, 11) is 0. The number of rotatable bonds is 25. The number of unbranched alkanes of at least 4 members (excludes halogenated alkanes) is 2. The molecule has 0 bridgehead atoms. The summed E-state index contributed by atoms with van der Waals surface area (Å²) < 4.78 is 0. The maximum atomic E-state index is 14.1. The predicted molar refractivity (Wildman–Crippen MR) is 193 cm³/mol. The van der Waals surface area contributed by atoms with Gasteiger partial charge in [-0.1, -0.05) is 32.1 Å². The molecule has 16 heteroatoms. The lowest BCUT2D eigenvalue weighted by Crippen LogP contribution is -2.58. The molecule has 0 saturated carbocycles. The van der Waals surface area contributed by atoms with Crippen LogP contribution in [0.5, 0.6) is 5.75 Å². The summed E-state index contributed by atoms with van der Waals surface area (Å²) in [6.07, 6.45) is 4.13. The first kappa shape index (κ1) is 44.5. The second-order valence-corrected chi connectivity index (χ2v) is 13.0. The summed E-state index contributed by atoms with van der Waals surface area (Å²) >= 11 is 0. The Labute approximate surface area is 300 Å². The molecule has 5 amide bonds. The predicted octanol–water partition coefficient (Wildman–Crippen LogP) is -0.0280. The van der Waals surface area contributed by atoms with Crippen molar-refractivity contribution in [1.82, 2.24) is 26.2 Å². The van der Waals surface area contributed by atoms with Gasteiger partial charge in [-0.25, -0.2) is 4.79 Å². The minimum atomic E-state index is -1.22. The molecule has 0 heterocycles. The highest BCUT2D eigenvalue weighted by atomic mass is 16.4. The fourth-order valence-corrected chi connectivity index (χ4v) is 5.12. The monoisotopic (exact) mass is 718 g/mol. The molecule has 1 aromatic carbocycles. The molecule has 0 aliphatic rings. The van der Waals surface area contributed by atoms with Gasteiger partial charge in [-0.15, -0.1) is 6.58 Å². The van der Waals surface area contributed by atoms with Crippen LogP contribution >= 0.6 is 0 Å². The average molecular weight is 719 g/mol. The van der Waals surface area contributed by atoms with Crippen LogP contribution < -0.4 is 38.5 Å². The van der Waals surface area contributed by atoms with Crippen LogP contribution in [-0.2, 0) is 35.3 Å². The Balaban J connectivity index is 3.35. The van der Waals surface area contributed by atoms with Gasteiger partial charge in [0.05, 0.1) is 12.6 Å². The number of carbonyl (C=O) groups is 6. The molecule has 51 heavy (non-hydrogen) atoms. The van der Waals surface area contributed by atoms with Crippen molar-refractivity contribution in [2.45, 2.75) is 109 Å². The lowest BCUT2D eigenvalue weighted by atomic mass is 10.0. The molecule has 12 N–H and O–H groups in total. The van der Waals surface area contributed by atoms with Crippen molar-refractivity contribution in [1.29, 1.82) is 0 Å². The number of hydrogen-bond donors (Lipinski definition) is 9. The molecule has 0 aromatic heterocycles. The van der Waals surface area contributed by atoms with E-state index in [0.29, 0.717) is 44.3 Å². The topological polar surface area (TPSA) is 272 Å². The van der Waals surface area contributed by atoms with Crippen LogP contribution in [0.25, 0.3) is 0 Å². The van der Waals surface area contributed by atoms with E-state index in [4.69, 9.17) is 17.2 Å². The minimum Gasteiger partial charge on any atom is -0.508 e. The van der Waals surface area contributed by atoms with Crippen molar-refractivity contribution >= 4 is 35.5 Å². The highest BCUT2D eigenvalue weighted by Crippen LogP contribution is 2.14. The first-order chi connectivity index (χ1) is 24.1. The molecule has 286 valence electrons. The molecule has 0 aliphatic heterocycles. The Hall–Kier alpha value is -4.54. The summed E-state index contributed by atoms with van der Waals surface area (Å²) in [5.74, 6) is -4.48. The van der Waals surface area contributed by atoms with Gasteiger partial charge in [-0.2, -0.15) is 0 Å². The van der Waals surface area contributed by atoms with Crippen LogP contribution in [0, 0.1) is 5.92 Å². The molecule has 0 fully saturated rings. The van der Waals surface area contributed by atoms with Gasteiger partial charge < -0.3 is 53.6 Å². The number of carbonyl (C=O) groups excluding carboxylic acids is 5. The van der Waals surface area contributed by atoms with Gasteiger partial charge >= 0.3 is 5.97 Å². The van der Waals surface area contributed by atoms with E-state index in [9.17, 15) is 39.0 Å². The lowest BCUT2D eigenvalue weighted by Gasteiger charge is -2.29. The number of benzene rings is 1. The lowest BCUT2D eigenvalue weighted by molar-refractivity contribution is -0.144. The molecule has 0 saturated heterocycles. The molecule has 5 atom stereocenters. The summed E-state index contributed by atoms with van der Waals surface area (Å²) in [6, 6.07) is 0.567. The summed E-state index contributed by atoms with van der Waals surface area (Å²) in [4.78, 5) is 79.8. The maximum absolute atomic E-state index is 14.1. The Morgan fingerprint density at radius 2 is 1.29 bits per heavy atom. The van der Waals surface area contributed by atoms with Gasteiger partial charge in [0.2, 0.25) is 29.5 Å². The number of hydrogen-bond acceptors (Lipinski definition) is 10. The summed E-state index contributed by atoms with van der Waals surface area (Å²) in [5.41, 5.74) is 17.5. The van der Waals surface area contributed by atoms with E-state index < -0.39 is 72.3 Å². The normalized spacial score (nSPS) is 13.9. The van der Waals surface area contributed by atoms with Crippen LogP contribution in [0.15, 0.2) is 36.9 Å². The quantitative estimate of drug-likeness (QED) is 0.0478. The largest absolute Gasteiger partial charge is 0.508 e. The van der Waals surface area contributed by atoms with Crippen molar-refractivity contribution in [2.24, 2.45) is 23.1 Å². The van der Waals surface area contributed by atoms with Crippen molar-refractivity contribution in [3.05, 3.63) is 42.5 Å². The molecule has 1 aromatic rings. The third-order valence-corrected chi connectivity index (χ3v) is 7.89. The number of aliphatic carboxylic acids is 1. The minimum absolute atomic E-state index is 0.00870. The first-order valence-electron chi connectivity index (χ1n) is 17.4. The van der Waals surface area contributed by atoms with Crippen molar-refractivity contribution < 1.29 is 39.0 Å². The van der Waals surface area contributed by atoms with E-state index in [1.807, 2.05) is 13.8 Å². The standard InChI is InChI=1S/C35H58N8O8/c1-5-10-28(34(49)43(20-24-13-15-25(44)16-14-24)21-30(45)39-29(35(50)51)19-22(2)3)42-33(48)27(12-7-9-18-37)41-32(47)26(11-6-8-17-36)40-31(46)23(4)38/h5,13-16,22-23,26-29,44H,1,6-12,17-21,36-38H2,2-4H3,(H,39,45)(H,40,46)(H,41,47)(H,42,48)(H,50,51)/t23-,26-,27-,28-,29-/m0/s1. The molecule has 16 nitrogen and oxygen atoms in total. The third kappa shape index (κ3) is 17.3. The highest BCUT2D eigenvalue weighted by Gasteiger charge is 2.32. The number of aromatic hydroxyl groups is 1. The number of amides is 5.